The van der Waals surface area contributed by atoms with E-state index < -0.39 is 0 Å². The second kappa shape index (κ2) is 4.13. The Hall–Kier alpha value is -1.56. The minimum Gasteiger partial charge on any atom is -0.394 e. The Balaban J connectivity index is 2.02. The van der Waals surface area contributed by atoms with E-state index in [1.54, 1.807) is 11.7 Å². The minimum atomic E-state index is -0.0932. The van der Waals surface area contributed by atoms with Crippen LogP contribution in [0.5, 0.6) is 0 Å². The van der Waals surface area contributed by atoms with Crippen LogP contribution < -0.4 is 11.1 Å². The van der Waals surface area contributed by atoms with Crippen LogP contribution >= 0.6 is 0 Å². The zero-order valence-corrected chi connectivity index (χ0v) is 9.43. The summed E-state index contributed by atoms with van der Waals surface area (Å²) >= 11 is 0. The molecule has 1 aliphatic heterocycles. The highest BCUT2D eigenvalue weighted by molar-refractivity contribution is 5.94. The molecular weight excluding hydrogens is 208 g/mol. The van der Waals surface area contributed by atoms with Gasteiger partial charge in [-0.05, 0) is 13.3 Å². The number of nitrogens with one attached hydrogen (secondary N) is 1. The molecule has 0 radical (unpaired) electrons. The molecule has 0 bridgehead atoms. The van der Waals surface area contributed by atoms with Gasteiger partial charge in [-0.3, -0.25) is 9.48 Å². The molecule has 1 fully saturated rings. The van der Waals surface area contributed by atoms with Gasteiger partial charge in [-0.1, -0.05) is 0 Å². The molecule has 2 heterocycles. The van der Waals surface area contributed by atoms with E-state index in [9.17, 15) is 4.79 Å². The molecule has 1 amide bonds. The number of rotatable bonds is 2. The molecule has 6 heteroatoms. The van der Waals surface area contributed by atoms with E-state index in [1.807, 2.05) is 6.92 Å². The number of nitrogen functional groups attached to an aromatic ring is 1. The number of carbonyl (C=O) groups is 1. The van der Waals surface area contributed by atoms with Crippen LogP contribution in [0.25, 0.3) is 0 Å². The van der Waals surface area contributed by atoms with Crippen LogP contribution in [0.1, 0.15) is 13.3 Å². The first-order chi connectivity index (χ1) is 7.58. The molecule has 16 heavy (non-hydrogen) atoms. The predicted molar refractivity (Wildman–Crippen MR) is 59.8 cm³/mol. The quantitative estimate of drug-likeness (QED) is 0.760. The maximum atomic E-state index is 11.9. The largest absolute Gasteiger partial charge is 0.394 e. The van der Waals surface area contributed by atoms with Crippen molar-refractivity contribution in [3.8, 4) is 0 Å². The van der Waals surface area contributed by atoms with Gasteiger partial charge in [0.25, 0.3) is 0 Å². The van der Waals surface area contributed by atoms with Crippen LogP contribution in [0.2, 0.25) is 0 Å². The van der Waals surface area contributed by atoms with Crippen molar-refractivity contribution in [2.75, 3.05) is 17.7 Å². The van der Waals surface area contributed by atoms with E-state index in [1.165, 1.54) is 6.20 Å². The third-order valence-corrected chi connectivity index (χ3v) is 2.78. The zero-order chi connectivity index (χ0) is 11.7. The average Bonchev–Trinajstić information content (AvgIpc) is 2.79. The van der Waals surface area contributed by atoms with Gasteiger partial charge in [0.15, 0.2) is 5.82 Å². The number of aryl methyl sites for hydroxylation is 1. The van der Waals surface area contributed by atoms with Gasteiger partial charge in [0.1, 0.15) is 0 Å². The molecule has 0 aromatic carbocycles. The highest BCUT2D eigenvalue weighted by atomic mass is 16.5. The number of aromatic nitrogens is 2. The Bertz CT molecular complexity index is 382. The lowest BCUT2D eigenvalue weighted by molar-refractivity contribution is -0.119. The van der Waals surface area contributed by atoms with Crippen molar-refractivity contribution in [3.63, 3.8) is 0 Å². The molecule has 2 atom stereocenters. The first-order valence-corrected chi connectivity index (χ1v) is 5.28. The Morgan fingerprint density at radius 1 is 1.75 bits per heavy atom. The number of hydrogen-bond donors (Lipinski definition) is 2. The molecule has 0 spiro atoms. The highest BCUT2D eigenvalue weighted by Crippen LogP contribution is 2.22. The number of anilines is 2. The Kier molecular flexibility index (Phi) is 2.82. The summed E-state index contributed by atoms with van der Waals surface area (Å²) in [7, 11) is 1.74. The summed E-state index contributed by atoms with van der Waals surface area (Å²) in [5.74, 6) is 0.397. The van der Waals surface area contributed by atoms with E-state index in [-0.39, 0.29) is 17.9 Å². The Morgan fingerprint density at radius 3 is 3.00 bits per heavy atom. The van der Waals surface area contributed by atoms with E-state index in [0.29, 0.717) is 18.1 Å². The summed E-state index contributed by atoms with van der Waals surface area (Å²) in [6.07, 6.45) is 2.42. The highest BCUT2D eigenvalue weighted by Gasteiger charge is 2.28. The molecule has 3 N–H and O–H groups in total. The SMILES string of the molecule is CC1CC(C(=O)Nc2c(N)cnn2C)CO1. The maximum absolute atomic E-state index is 11.9. The molecule has 88 valence electrons. The number of hydrogen-bond acceptors (Lipinski definition) is 4. The number of amides is 1. The fourth-order valence-corrected chi connectivity index (χ4v) is 1.83. The lowest BCUT2D eigenvalue weighted by Crippen LogP contribution is -2.24. The molecule has 0 saturated carbocycles. The Morgan fingerprint density at radius 2 is 2.50 bits per heavy atom. The summed E-state index contributed by atoms with van der Waals surface area (Å²) in [6.45, 7) is 2.44. The summed E-state index contributed by atoms with van der Waals surface area (Å²) in [6, 6.07) is 0. The van der Waals surface area contributed by atoms with Gasteiger partial charge in [-0.2, -0.15) is 5.10 Å². The van der Waals surface area contributed by atoms with Gasteiger partial charge in [-0.15, -0.1) is 0 Å². The van der Waals surface area contributed by atoms with E-state index >= 15 is 0 Å². The van der Waals surface area contributed by atoms with Crippen LogP contribution in [-0.4, -0.2) is 28.4 Å². The second-order valence-electron chi connectivity index (χ2n) is 4.14. The van der Waals surface area contributed by atoms with Gasteiger partial charge < -0.3 is 15.8 Å². The third-order valence-electron chi connectivity index (χ3n) is 2.78. The van der Waals surface area contributed by atoms with E-state index in [0.717, 1.165) is 6.42 Å². The Labute approximate surface area is 93.8 Å². The number of nitrogens with two attached hydrogens (primary N) is 1. The van der Waals surface area contributed by atoms with E-state index in [2.05, 4.69) is 10.4 Å². The zero-order valence-electron chi connectivity index (χ0n) is 9.43. The molecular formula is C10H16N4O2. The second-order valence-corrected chi connectivity index (χ2v) is 4.14. The van der Waals surface area contributed by atoms with Crippen molar-refractivity contribution in [3.05, 3.63) is 6.20 Å². The fourth-order valence-electron chi connectivity index (χ4n) is 1.83. The lowest BCUT2D eigenvalue weighted by atomic mass is 10.1. The van der Waals surface area contributed by atoms with Gasteiger partial charge in [0, 0.05) is 7.05 Å². The maximum Gasteiger partial charge on any atom is 0.231 e. The molecule has 6 nitrogen and oxygen atoms in total. The van der Waals surface area contributed by atoms with Crippen LogP contribution in [0.15, 0.2) is 6.20 Å². The molecule has 1 saturated heterocycles. The van der Waals surface area contributed by atoms with Crippen LogP contribution in [0.3, 0.4) is 0 Å². The van der Waals surface area contributed by atoms with Crippen molar-refractivity contribution in [2.45, 2.75) is 19.4 Å². The monoisotopic (exact) mass is 224 g/mol. The van der Waals surface area contributed by atoms with Gasteiger partial charge >= 0.3 is 0 Å². The molecule has 1 aromatic heterocycles. The summed E-state index contributed by atoms with van der Waals surface area (Å²) in [5, 5.41) is 6.73. The van der Waals surface area contributed by atoms with Crippen molar-refractivity contribution >= 4 is 17.4 Å². The number of ether oxygens (including phenoxy) is 1. The van der Waals surface area contributed by atoms with Crippen molar-refractivity contribution in [2.24, 2.45) is 13.0 Å². The normalized spacial score (nSPS) is 24.6. The summed E-state index contributed by atoms with van der Waals surface area (Å²) < 4.78 is 6.90. The number of carbonyl (C=O) groups excluding carboxylic acids is 1. The lowest BCUT2D eigenvalue weighted by Gasteiger charge is -2.10. The standard InChI is InChI=1S/C10H16N4O2/c1-6-3-7(5-16-6)10(15)13-9-8(11)4-12-14(9)2/h4,6-7H,3,5,11H2,1-2H3,(H,13,15). The molecule has 1 aromatic rings. The summed E-state index contributed by atoms with van der Waals surface area (Å²) in [5.41, 5.74) is 6.16. The minimum absolute atomic E-state index is 0.0559. The first kappa shape index (κ1) is 10.9. The van der Waals surface area contributed by atoms with Gasteiger partial charge in [0.05, 0.1) is 30.5 Å². The van der Waals surface area contributed by atoms with Crippen LogP contribution in [-0.2, 0) is 16.6 Å². The average molecular weight is 224 g/mol. The molecule has 2 rings (SSSR count). The number of nitrogens with zero attached hydrogens (tertiary/aromatic N) is 2. The van der Waals surface area contributed by atoms with Crippen LogP contribution in [0, 0.1) is 5.92 Å². The smallest absolute Gasteiger partial charge is 0.231 e. The predicted octanol–water partition coefficient (Wildman–Crippen LogP) is 0.366. The fraction of sp³-hybridized carbons (Fsp3) is 0.600. The van der Waals surface area contributed by atoms with Crippen molar-refractivity contribution in [1.82, 2.24) is 9.78 Å². The van der Waals surface area contributed by atoms with Gasteiger partial charge in [-0.25, -0.2) is 0 Å². The third kappa shape index (κ3) is 2.01. The first-order valence-electron chi connectivity index (χ1n) is 5.28. The van der Waals surface area contributed by atoms with Crippen molar-refractivity contribution < 1.29 is 9.53 Å². The van der Waals surface area contributed by atoms with Crippen molar-refractivity contribution in [1.29, 1.82) is 0 Å². The van der Waals surface area contributed by atoms with Gasteiger partial charge in [0.2, 0.25) is 5.91 Å². The molecule has 0 aliphatic carbocycles. The topological polar surface area (TPSA) is 82.2 Å². The van der Waals surface area contributed by atoms with Crippen LogP contribution in [0.4, 0.5) is 11.5 Å². The van der Waals surface area contributed by atoms with E-state index in [4.69, 9.17) is 10.5 Å². The molecule has 1 aliphatic rings. The molecule has 2 unspecified atom stereocenters. The summed E-state index contributed by atoms with van der Waals surface area (Å²) in [4.78, 5) is 11.9.